The number of rotatable bonds is 2. The maximum absolute atomic E-state index is 13.8. The van der Waals surface area contributed by atoms with Gasteiger partial charge in [0.05, 0.1) is 11.7 Å². The highest BCUT2D eigenvalue weighted by molar-refractivity contribution is 9.10. The Hall–Kier alpha value is -1.33. The Balaban J connectivity index is 2.60. The van der Waals surface area contributed by atoms with Gasteiger partial charge in [0.1, 0.15) is 11.6 Å². The van der Waals surface area contributed by atoms with E-state index in [1.54, 1.807) is 25.1 Å². The minimum Gasteiger partial charge on any atom is -0.322 e. The normalized spacial score (nSPS) is 12.5. The van der Waals surface area contributed by atoms with Crippen LogP contribution >= 0.6 is 15.9 Å². The maximum atomic E-state index is 13.8. The van der Waals surface area contributed by atoms with Gasteiger partial charge in [0.15, 0.2) is 0 Å². The third-order valence-electron chi connectivity index (χ3n) is 2.48. The first-order valence-electron chi connectivity index (χ1n) is 5.54. The predicted molar refractivity (Wildman–Crippen MR) is 72.5 cm³/mol. The number of aromatic nitrogens is 2. The van der Waals surface area contributed by atoms with Crippen LogP contribution in [-0.4, -0.2) is 9.97 Å². The zero-order valence-corrected chi connectivity index (χ0v) is 11.7. The minimum atomic E-state index is -0.313. The van der Waals surface area contributed by atoms with Gasteiger partial charge in [-0.2, -0.15) is 0 Å². The molecule has 0 aliphatic rings. The van der Waals surface area contributed by atoms with Crippen LogP contribution in [0.2, 0.25) is 0 Å². The largest absolute Gasteiger partial charge is 0.322 e. The summed E-state index contributed by atoms with van der Waals surface area (Å²) in [5.74, 6) is 0.205. The summed E-state index contributed by atoms with van der Waals surface area (Å²) in [6, 6.07) is 6.22. The van der Waals surface area contributed by atoms with Crippen LogP contribution < -0.4 is 5.73 Å². The van der Waals surface area contributed by atoms with Gasteiger partial charge in [-0.25, -0.2) is 14.4 Å². The Kier molecular flexibility index (Phi) is 3.73. The van der Waals surface area contributed by atoms with E-state index in [-0.39, 0.29) is 11.9 Å². The van der Waals surface area contributed by atoms with Crippen LogP contribution in [0.1, 0.15) is 24.5 Å². The molecule has 5 heteroatoms. The van der Waals surface area contributed by atoms with Gasteiger partial charge in [0.2, 0.25) is 0 Å². The van der Waals surface area contributed by atoms with Crippen LogP contribution in [0.5, 0.6) is 0 Å². The van der Waals surface area contributed by atoms with Crippen molar-refractivity contribution in [2.75, 3.05) is 0 Å². The quantitative estimate of drug-likeness (QED) is 0.925. The lowest BCUT2D eigenvalue weighted by Gasteiger charge is -2.09. The van der Waals surface area contributed by atoms with Crippen LogP contribution in [0, 0.1) is 12.7 Å². The second-order valence-corrected chi connectivity index (χ2v) is 5.08. The molecule has 1 atom stereocenters. The van der Waals surface area contributed by atoms with E-state index in [0.717, 1.165) is 10.2 Å². The van der Waals surface area contributed by atoms with Gasteiger partial charge in [-0.05, 0) is 38.1 Å². The summed E-state index contributed by atoms with van der Waals surface area (Å²) >= 11 is 3.32. The molecule has 2 aromatic rings. The molecule has 3 nitrogen and oxygen atoms in total. The van der Waals surface area contributed by atoms with E-state index in [0.29, 0.717) is 17.1 Å². The molecule has 1 aromatic heterocycles. The molecule has 2 N–H and O–H groups in total. The van der Waals surface area contributed by atoms with E-state index in [9.17, 15) is 4.39 Å². The molecule has 18 heavy (non-hydrogen) atoms. The lowest BCUT2D eigenvalue weighted by Crippen LogP contribution is -2.11. The summed E-state index contributed by atoms with van der Waals surface area (Å²) in [5, 5.41) is 0. The fourth-order valence-electron chi connectivity index (χ4n) is 1.63. The number of nitrogens with two attached hydrogens (primary N) is 1. The lowest BCUT2D eigenvalue weighted by molar-refractivity contribution is 0.629. The highest BCUT2D eigenvalue weighted by Gasteiger charge is 2.11. The van der Waals surface area contributed by atoms with Crippen LogP contribution in [0.4, 0.5) is 4.39 Å². The van der Waals surface area contributed by atoms with Crippen molar-refractivity contribution >= 4 is 15.9 Å². The summed E-state index contributed by atoms with van der Waals surface area (Å²) in [4.78, 5) is 8.55. The number of hydrogen-bond acceptors (Lipinski definition) is 3. The van der Waals surface area contributed by atoms with Crippen molar-refractivity contribution in [1.82, 2.24) is 9.97 Å². The molecule has 0 bridgehead atoms. The molecule has 94 valence electrons. The number of nitrogens with zero attached hydrogens (tertiary/aromatic N) is 2. The molecule has 0 saturated carbocycles. The first-order valence-corrected chi connectivity index (χ1v) is 6.33. The number of benzene rings is 1. The van der Waals surface area contributed by atoms with Crippen LogP contribution in [0.15, 0.2) is 28.7 Å². The highest BCUT2D eigenvalue weighted by Crippen LogP contribution is 2.25. The molecule has 0 aliphatic carbocycles. The molecule has 0 amide bonds. The molecule has 0 aliphatic heterocycles. The summed E-state index contributed by atoms with van der Waals surface area (Å²) in [7, 11) is 0. The van der Waals surface area contributed by atoms with Gasteiger partial charge in [0, 0.05) is 15.7 Å². The molecular formula is C13H13BrFN3. The summed E-state index contributed by atoms with van der Waals surface area (Å²) in [6.45, 7) is 3.64. The minimum absolute atomic E-state index is 0.279. The highest BCUT2D eigenvalue weighted by atomic mass is 79.9. The van der Waals surface area contributed by atoms with Gasteiger partial charge in [-0.15, -0.1) is 0 Å². The average Bonchev–Trinajstić information content (AvgIpc) is 2.31. The lowest BCUT2D eigenvalue weighted by atomic mass is 10.1. The van der Waals surface area contributed by atoms with Crippen molar-refractivity contribution in [1.29, 1.82) is 0 Å². The molecule has 1 unspecified atom stereocenters. The summed E-state index contributed by atoms with van der Waals surface area (Å²) < 4.78 is 14.6. The topological polar surface area (TPSA) is 51.8 Å². The van der Waals surface area contributed by atoms with Gasteiger partial charge in [0.25, 0.3) is 0 Å². The first kappa shape index (κ1) is 13.1. The van der Waals surface area contributed by atoms with Gasteiger partial charge in [-0.3, -0.25) is 0 Å². The van der Waals surface area contributed by atoms with E-state index >= 15 is 0 Å². The SMILES string of the molecule is Cc1cc(-c2cc(Br)ccc2F)nc(C(C)N)n1. The Morgan fingerprint density at radius 2 is 2.00 bits per heavy atom. The number of halogens is 2. The smallest absolute Gasteiger partial charge is 0.145 e. The fourth-order valence-corrected chi connectivity index (χ4v) is 1.99. The Morgan fingerprint density at radius 1 is 1.28 bits per heavy atom. The van der Waals surface area contributed by atoms with E-state index in [1.807, 2.05) is 6.92 Å². The van der Waals surface area contributed by atoms with Gasteiger partial charge < -0.3 is 5.73 Å². The van der Waals surface area contributed by atoms with Crippen LogP contribution in [0.25, 0.3) is 11.3 Å². The molecular weight excluding hydrogens is 297 g/mol. The molecule has 0 saturated heterocycles. The third-order valence-corrected chi connectivity index (χ3v) is 2.98. The third kappa shape index (κ3) is 2.73. The maximum Gasteiger partial charge on any atom is 0.145 e. The van der Waals surface area contributed by atoms with Gasteiger partial charge in [-0.1, -0.05) is 15.9 Å². The average molecular weight is 310 g/mol. The van der Waals surface area contributed by atoms with Crippen molar-refractivity contribution in [3.05, 3.63) is 46.1 Å². The van der Waals surface area contributed by atoms with E-state index < -0.39 is 0 Å². The molecule has 2 rings (SSSR count). The zero-order valence-electron chi connectivity index (χ0n) is 10.1. The van der Waals surface area contributed by atoms with Crippen LogP contribution in [-0.2, 0) is 0 Å². The zero-order chi connectivity index (χ0) is 13.3. The molecule has 0 fully saturated rings. The molecule has 1 heterocycles. The van der Waals surface area contributed by atoms with Crippen molar-refractivity contribution in [3.8, 4) is 11.3 Å². The Morgan fingerprint density at radius 3 is 2.67 bits per heavy atom. The van der Waals surface area contributed by atoms with Crippen molar-refractivity contribution in [2.45, 2.75) is 19.9 Å². The Labute approximate surface area is 113 Å². The van der Waals surface area contributed by atoms with Gasteiger partial charge >= 0.3 is 0 Å². The van der Waals surface area contributed by atoms with Crippen molar-refractivity contribution in [2.24, 2.45) is 5.73 Å². The van der Waals surface area contributed by atoms with Crippen molar-refractivity contribution < 1.29 is 4.39 Å². The molecule has 0 radical (unpaired) electrons. The first-order chi connectivity index (χ1) is 8.47. The monoisotopic (exact) mass is 309 g/mol. The summed E-state index contributed by atoms with van der Waals surface area (Å²) in [6.07, 6.45) is 0. The fraction of sp³-hybridized carbons (Fsp3) is 0.231. The molecule has 1 aromatic carbocycles. The van der Waals surface area contributed by atoms with Crippen molar-refractivity contribution in [3.63, 3.8) is 0 Å². The van der Waals surface area contributed by atoms with E-state index in [1.165, 1.54) is 6.07 Å². The Bertz CT molecular complexity index is 584. The van der Waals surface area contributed by atoms with E-state index in [4.69, 9.17) is 5.73 Å². The standard InChI is InChI=1S/C13H13BrFN3/c1-7-5-12(18-13(17-7)8(2)16)10-6-9(14)3-4-11(10)15/h3-6,8H,16H2,1-2H3. The van der Waals surface area contributed by atoms with E-state index in [2.05, 4.69) is 25.9 Å². The second-order valence-electron chi connectivity index (χ2n) is 4.17. The number of hydrogen-bond donors (Lipinski definition) is 1. The van der Waals surface area contributed by atoms with Crippen LogP contribution in [0.3, 0.4) is 0 Å². The molecule has 0 spiro atoms. The summed E-state index contributed by atoms with van der Waals surface area (Å²) in [5.41, 5.74) is 7.53. The second kappa shape index (κ2) is 5.12. The number of aryl methyl sites for hydroxylation is 1. The predicted octanol–water partition coefficient (Wildman–Crippen LogP) is 3.37.